The Hall–Kier alpha value is -1.10. The lowest BCUT2D eigenvalue weighted by atomic mass is 10.2. The molecule has 21 heavy (non-hydrogen) atoms. The average Bonchev–Trinajstić information content (AvgIpc) is 3.11. The predicted molar refractivity (Wildman–Crippen MR) is 95.1 cm³/mol. The summed E-state index contributed by atoms with van der Waals surface area (Å²) in [5.74, 6) is 0. The maximum Gasteiger partial charge on any atom is 0.0494 e. The first-order valence-electron chi connectivity index (χ1n) is 7.18. The van der Waals surface area contributed by atoms with E-state index in [2.05, 4.69) is 81.4 Å². The van der Waals surface area contributed by atoms with Crippen molar-refractivity contribution in [2.75, 3.05) is 6.54 Å². The van der Waals surface area contributed by atoms with Crippen LogP contribution in [0.5, 0.6) is 0 Å². The van der Waals surface area contributed by atoms with Crippen LogP contribution in [0.4, 0.5) is 0 Å². The number of benzene rings is 1. The second-order valence-corrected chi connectivity index (χ2v) is 7.03. The summed E-state index contributed by atoms with van der Waals surface area (Å²) in [5, 5.41) is 7.03. The third-order valence-corrected chi connectivity index (χ3v) is 5.97. The number of fused-ring (bicyclic) bond motifs is 1. The fraction of sp³-hybridized carbons (Fsp3) is 0.294. The Kier molecular flexibility index (Phi) is 4.48. The normalized spacial score (nSPS) is 12.9. The van der Waals surface area contributed by atoms with E-state index in [1.54, 1.807) is 0 Å². The van der Waals surface area contributed by atoms with Gasteiger partial charge in [-0.05, 0) is 47.3 Å². The molecule has 0 saturated carbocycles. The van der Waals surface area contributed by atoms with E-state index in [1.807, 2.05) is 11.3 Å². The predicted octanol–water partition coefficient (Wildman–Crippen LogP) is 5.12. The van der Waals surface area contributed by atoms with Gasteiger partial charge in [-0.15, -0.1) is 11.3 Å². The van der Waals surface area contributed by atoms with Crippen molar-refractivity contribution in [1.82, 2.24) is 9.88 Å². The third-order valence-electron chi connectivity index (χ3n) is 3.91. The van der Waals surface area contributed by atoms with Crippen LogP contribution in [0, 0.1) is 6.92 Å². The summed E-state index contributed by atoms with van der Waals surface area (Å²) in [6, 6.07) is 13.3. The summed E-state index contributed by atoms with van der Waals surface area (Å²) in [6.07, 6.45) is 0. The van der Waals surface area contributed by atoms with Crippen molar-refractivity contribution in [3.05, 3.63) is 56.8 Å². The largest absolute Gasteiger partial charge is 0.342 e. The lowest BCUT2D eigenvalue weighted by Gasteiger charge is -2.14. The number of hydrogen-bond acceptors (Lipinski definition) is 2. The van der Waals surface area contributed by atoms with Crippen LogP contribution >= 0.6 is 27.3 Å². The Morgan fingerprint density at radius 1 is 1.24 bits per heavy atom. The molecule has 2 nitrogen and oxygen atoms in total. The van der Waals surface area contributed by atoms with E-state index in [-0.39, 0.29) is 0 Å². The summed E-state index contributed by atoms with van der Waals surface area (Å²) >= 11 is 5.52. The molecule has 0 amide bonds. The zero-order valence-corrected chi connectivity index (χ0v) is 14.7. The second-order valence-electron chi connectivity index (χ2n) is 5.26. The molecule has 3 rings (SSSR count). The molecular formula is C17H19BrN2S. The van der Waals surface area contributed by atoms with E-state index in [9.17, 15) is 0 Å². The van der Waals surface area contributed by atoms with Gasteiger partial charge in [-0.25, -0.2) is 0 Å². The highest BCUT2D eigenvalue weighted by molar-refractivity contribution is 9.10. The highest BCUT2D eigenvalue weighted by atomic mass is 79.9. The first kappa shape index (κ1) is 14.8. The molecule has 3 aromatic rings. The van der Waals surface area contributed by atoms with E-state index in [4.69, 9.17) is 0 Å². The zero-order chi connectivity index (χ0) is 14.8. The molecule has 1 N–H and O–H groups in total. The summed E-state index contributed by atoms with van der Waals surface area (Å²) in [4.78, 5) is 1.39. The van der Waals surface area contributed by atoms with Gasteiger partial charge >= 0.3 is 0 Å². The molecule has 1 atom stereocenters. The maximum absolute atomic E-state index is 3.71. The number of nitrogens with zero attached hydrogens (tertiary/aromatic N) is 1. The van der Waals surface area contributed by atoms with Crippen molar-refractivity contribution in [3.8, 4) is 0 Å². The Labute approximate surface area is 137 Å². The van der Waals surface area contributed by atoms with E-state index >= 15 is 0 Å². The zero-order valence-electron chi connectivity index (χ0n) is 12.3. The molecule has 0 aliphatic rings. The number of rotatable bonds is 5. The third kappa shape index (κ3) is 2.93. The van der Waals surface area contributed by atoms with Crippen LogP contribution in [0.25, 0.3) is 10.9 Å². The first-order valence-corrected chi connectivity index (χ1v) is 8.86. The topological polar surface area (TPSA) is 17.0 Å². The number of para-hydroxylation sites is 1. The van der Waals surface area contributed by atoms with E-state index in [0.29, 0.717) is 6.04 Å². The quantitative estimate of drug-likeness (QED) is 0.665. The lowest BCUT2D eigenvalue weighted by molar-refractivity contribution is 0.538. The van der Waals surface area contributed by atoms with Crippen molar-refractivity contribution < 1.29 is 0 Å². The number of nitrogens with one attached hydrogen (secondary N) is 1. The molecular weight excluding hydrogens is 344 g/mol. The van der Waals surface area contributed by atoms with Crippen LogP contribution in [0.2, 0.25) is 0 Å². The van der Waals surface area contributed by atoms with E-state index < -0.39 is 0 Å². The van der Waals surface area contributed by atoms with Gasteiger partial charge in [0.05, 0.1) is 0 Å². The number of thiophene rings is 1. The smallest absolute Gasteiger partial charge is 0.0494 e. The van der Waals surface area contributed by atoms with Crippen molar-refractivity contribution in [2.45, 2.75) is 26.4 Å². The molecule has 1 aromatic carbocycles. The number of hydrogen-bond donors (Lipinski definition) is 1. The van der Waals surface area contributed by atoms with Gasteiger partial charge < -0.3 is 9.88 Å². The van der Waals surface area contributed by atoms with Crippen LogP contribution in [0.15, 0.2) is 46.3 Å². The Bertz CT molecular complexity index is 731. The van der Waals surface area contributed by atoms with Crippen molar-refractivity contribution in [2.24, 2.45) is 0 Å². The van der Waals surface area contributed by atoms with Gasteiger partial charge in [0.2, 0.25) is 0 Å². The minimum Gasteiger partial charge on any atom is -0.342 e. The molecule has 2 heterocycles. The Balaban J connectivity index is 1.72. The molecule has 4 heteroatoms. The van der Waals surface area contributed by atoms with Gasteiger partial charge in [0.25, 0.3) is 0 Å². The molecule has 0 spiro atoms. The van der Waals surface area contributed by atoms with Gasteiger partial charge in [0.15, 0.2) is 0 Å². The fourth-order valence-electron chi connectivity index (χ4n) is 2.71. The Morgan fingerprint density at radius 3 is 2.81 bits per heavy atom. The Morgan fingerprint density at radius 2 is 2.05 bits per heavy atom. The minimum atomic E-state index is 0.413. The summed E-state index contributed by atoms with van der Waals surface area (Å²) in [6.45, 7) is 6.34. The fourth-order valence-corrected chi connectivity index (χ4v) is 4.02. The van der Waals surface area contributed by atoms with Crippen LogP contribution in [-0.2, 0) is 6.54 Å². The maximum atomic E-state index is 3.71. The van der Waals surface area contributed by atoms with Crippen LogP contribution < -0.4 is 5.32 Å². The van der Waals surface area contributed by atoms with Gasteiger partial charge in [0.1, 0.15) is 0 Å². The van der Waals surface area contributed by atoms with Gasteiger partial charge in [-0.3, -0.25) is 0 Å². The highest BCUT2D eigenvalue weighted by Crippen LogP contribution is 2.30. The van der Waals surface area contributed by atoms with Crippen LogP contribution in [0.1, 0.15) is 23.5 Å². The second kappa shape index (κ2) is 6.34. The SMILES string of the molecule is Cc1c(Br)c2ccccc2n1CCNC(C)c1cccs1. The summed E-state index contributed by atoms with van der Waals surface area (Å²) in [7, 11) is 0. The first-order chi connectivity index (χ1) is 10.2. The summed E-state index contributed by atoms with van der Waals surface area (Å²) < 4.78 is 3.59. The molecule has 0 aliphatic carbocycles. The molecule has 0 aliphatic heterocycles. The minimum absolute atomic E-state index is 0.413. The molecule has 0 fully saturated rings. The summed E-state index contributed by atoms with van der Waals surface area (Å²) in [5.41, 5.74) is 2.59. The molecule has 2 aromatic heterocycles. The van der Waals surface area contributed by atoms with Crippen molar-refractivity contribution >= 4 is 38.2 Å². The molecule has 0 radical (unpaired) electrons. The molecule has 110 valence electrons. The molecule has 0 saturated heterocycles. The van der Waals surface area contributed by atoms with Crippen LogP contribution in [0.3, 0.4) is 0 Å². The molecule has 1 unspecified atom stereocenters. The van der Waals surface area contributed by atoms with Crippen molar-refractivity contribution in [3.63, 3.8) is 0 Å². The van der Waals surface area contributed by atoms with Gasteiger partial charge in [-0.1, -0.05) is 24.3 Å². The van der Waals surface area contributed by atoms with Crippen molar-refractivity contribution in [1.29, 1.82) is 0 Å². The van der Waals surface area contributed by atoms with Gasteiger partial charge in [-0.2, -0.15) is 0 Å². The number of halogens is 1. The van der Waals surface area contributed by atoms with Gasteiger partial charge in [0, 0.05) is 45.1 Å². The van der Waals surface area contributed by atoms with E-state index in [1.165, 1.54) is 25.9 Å². The highest BCUT2D eigenvalue weighted by Gasteiger charge is 2.11. The van der Waals surface area contributed by atoms with Crippen LogP contribution in [-0.4, -0.2) is 11.1 Å². The standard InChI is InChI=1S/C17H19BrN2S/c1-12(16-8-5-11-21-16)19-9-10-20-13(2)17(18)14-6-3-4-7-15(14)20/h3-8,11-12,19H,9-10H2,1-2H3. The molecule has 0 bridgehead atoms. The monoisotopic (exact) mass is 362 g/mol. The number of aromatic nitrogens is 1. The average molecular weight is 363 g/mol. The lowest BCUT2D eigenvalue weighted by Crippen LogP contribution is -2.23. The van der Waals surface area contributed by atoms with E-state index in [0.717, 1.165) is 13.1 Å².